The van der Waals surface area contributed by atoms with E-state index >= 15 is 0 Å². The zero-order valence-electron chi connectivity index (χ0n) is 9.43. The molecule has 82 valence electrons. The van der Waals surface area contributed by atoms with Crippen molar-refractivity contribution in [3.8, 4) is 0 Å². The van der Waals surface area contributed by atoms with Crippen LogP contribution in [0.2, 0.25) is 0 Å². The van der Waals surface area contributed by atoms with Gasteiger partial charge < -0.3 is 5.32 Å². The molecule has 0 atom stereocenters. The fourth-order valence-electron chi connectivity index (χ4n) is 2.10. The molecule has 1 N–H and O–H groups in total. The molecule has 3 rings (SSSR count). The molecule has 0 bridgehead atoms. The molecule has 1 nitrogen and oxygen atoms in total. The van der Waals surface area contributed by atoms with E-state index in [1.807, 2.05) is 18.5 Å². The second kappa shape index (κ2) is 4.30. The third kappa shape index (κ3) is 1.87. The fraction of sp³-hybridized carbons (Fsp3) is 0. The highest BCUT2D eigenvalue weighted by Crippen LogP contribution is 2.11. The van der Waals surface area contributed by atoms with E-state index in [2.05, 4.69) is 59.9 Å². The van der Waals surface area contributed by atoms with Gasteiger partial charge in [0.05, 0.1) is 0 Å². The molecule has 0 aliphatic carbocycles. The maximum absolute atomic E-state index is 3.18. The van der Waals surface area contributed by atoms with Crippen LogP contribution in [0.4, 0.5) is 0 Å². The summed E-state index contributed by atoms with van der Waals surface area (Å²) in [7, 11) is 0. The minimum atomic E-state index is 1.22. The summed E-state index contributed by atoms with van der Waals surface area (Å²) in [5, 5.41) is 5.66. The van der Waals surface area contributed by atoms with E-state index in [-0.39, 0.29) is 0 Å². The molecule has 0 unspecified atom stereocenters. The largest absolute Gasteiger partial charge is 0.367 e. The van der Waals surface area contributed by atoms with Gasteiger partial charge >= 0.3 is 0 Å². The van der Waals surface area contributed by atoms with Crippen LogP contribution in [0.5, 0.6) is 0 Å². The zero-order chi connectivity index (χ0) is 11.5. The van der Waals surface area contributed by atoms with E-state index in [1.54, 1.807) is 0 Å². The predicted molar refractivity (Wildman–Crippen MR) is 71.4 cm³/mol. The standard InChI is InChI=1S/C16H13N/c1-2-6-13(7-3-1)16-10-11-17-12-14-8-4-5-9-15(14)16/h1-12,17H. The van der Waals surface area contributed by atoms with Crippen molar-refractivity contribution in [3.05, 3.63) is 82.9 Å². The summed E-state index contributed by atoms with van der Waals surface area (Å²) in [6, 6.07) is 18.9. The molecular formula is C16H13N. The Kier molecular flexibility index (Phi) is 2.51. The van der Waals surface area contributed by atoms with E-state index in [0.717, 1.165) is 0 Å². The van der Waals surface area contributed by atoms with Gasteiger partial charge in [0.25, 0.3) is 0 Å². The Morgan fingerprint density at radius 2 is 1.53 bits per heavy atom. The first kappa shape index (κ1) is 9.91. The molecule has 0 fully saturated rings. The molecule has 17 heavy (non-hydrogen) atoms. The lowest BCUT2D eigenvalue weighted by atomic mass is 10.0. The first-order valence-corrected chi connectivity index (χ1v) is 5.73. The molecule has 0 spiro atoms. The highest BCUT2D eigenvalue weighted by Gasteiger charge is 2.00. The lowest BCUT2D eigenvalue weighted by Crippen LogP contribution is -2.26. The van der Waals surface area contributed by atoms with Crippen molar-refractivity contribution >= 4 is 11.8 Å². The number of allylic oxidation sites excluding steroid dienone is 1. The normalized spacial score (nSPS) is 13.3. The van der Waals surface area contributed by atoms with Crippen LogP contribution in [0.1, 0.15) is 5.56 Å². The third-order valence-corrected chi connectivity index (χ3v) is 2.92. The van der Waals surface area contributed by atoms with E-state index in [1.165, 1.54) is 21.6 Å². The molecule has 1 heteroatoms. The molecule has 1 aliphatic heterocycles. The predicted octanol–water partition coefficient (Wildman–Crippen LogP) is 1.74. The van der Waals surface area contributed by atoms with Gasteiger partial charge in [-0.1, -0.05) is 54.6 Å². The Bertz CT molecular complexity index is 666. The van der Waals surface area contributed by atoms with Crippen molar-refractivity contribution in [1.29, 1.82) is 0 Å². The molecule has 0 radical (unpaired) electrons. The fourth-order valence-corrected chi connectivity index (χ4v) is 2.10. The second-order valence-corrected chi connectivity index (χ2v) is 4.01. The first-order chi connectivity index (χ1) is 8.45. The van der Waals surface area contributed by atoms with Crippen molar-refractivity contribution in [2.24, 2.45) is 0 Å². The molecular weight excluding hydrogens is 206 g/mol. The summed E-state index contributed by atoms with van der Waals surface area (Å²) >= 11 is 0. The van der Waals surface area contributed by atoms with Crippen LogP contribution in [0, 0.1) is 0 Å². The smallest absolute Gasteiger partial charge is 0.00838 e. The topological polar surface area (TPSA) is 12.0 Å². The van der Waals surface area contributed by atoms with Gasteiger partial charge in [-0.15, -0.1) is 0 Å². The highest BCUT2D eigenvalue weighted by molar-refractivity contribution is 5.74. The van der Waals surface area contributed by atoms with Crippen molar-refractivity contribution in [3.63, 3.8) is 0 Å². The van der Waals surface area contributed by atoms with Crippen molar-refractivity contribution in [2.75, 3.05) is 0 Å². The summed E-state index contributed by atoms with van der Waals surface area (Å²) in [5.41, 5.74) is 2.50. The molecule has 0 saturated heterocycles. The van der Waals surface area contributed by atoms with E-state index < -0.39 is 0 Å². The van der Waals surface area contributed by atoms with Gasteiger partial charge in [0.2, 0.25) is 0 Å². The monoisotopic (exact) mass is 219 g/mol. The molecule has 1 aliphatic rings. The minimum Gasteiger partial charge on any atom is -0.367 e. The number of rotatable bonds is 1. The van der Waals surface area contributed by atoms with Gasteiger partial charge in [0.15, 0.2) is 0 Å². The van der Waals surface area contributed by atoms with Crippen molar-refractivity contribution in [2.45, 2.75) is 0 Å². The SMILES string of the molecule is C1=CC(c2ccccc2)=c2ccccc2=CN1. The van der Waals surface area contributed by atoms with Gasteiger partial charge in [-0.25, -0.2) is 0 Å². The van der Waals surface area contributed by atoms with E-state index in [4.69, 9.17) is 0 Å². The van der Waals surface area contributed by atoms with Gasteiger partial charge in [0, 0.05) is 12.4 Å². The molecule has 2 aromatic rings. The van der Waals surface area contributed by atoms with Gasteiger partial charge in [-0.05, 0) is 27.6 Å². The van der Waals surface area contributed by atoms with Gasteiger partial charge in [-0.3, -0.25) is 0 Å². The van der Waals surface area contributed by atoms with Crippen LogP contribution in [-0.4, -0.2) is 0 Å². The number of benzene rings is 2. The second-order valence-electron chi connectivity index (χ2n) is 4.01. The molecule has 2 aromatic carbocycles. The van der Waals surface area contributed by atoms with Crippen LogP contribution in [0.3, 0.4) is 0 Å². The number of hydrogen-bond acceptors (Lipinski definition) is 1. The van der Waals surface area contributed by atoms with E-state index in [9.17, 15) is 0 Å². The van der Waals surface area contributed by atoms with Crippen molar-refractivity contribution in [1.82, 2.24) is 5.32 Å². The Morgan fingerprint density at radius 1 is 0.765 bits per heavy atom. The summed E-state index contributed by atoms with van der Waals surface area (Å²) in [6.45, 7) is 0. The minimum absolute atomic E-state index is 1.22. The Labute approximate surface area is 100 Å². The molecule has 0 amide bonds. The Hall–Kier alpha value is -2.28. The van der Waals surface area contributed by atoms with Crippen LogP contribution < -0.4 is 15.8 Å². The first-order valence-electron chi connectivity index (χ1n) is 5.73. The summed E-state index contributed by atoms with van der Waals surface area (Å²) in [5.74, 6) is 0. The van der Waals surface area contributed by atoms with Crippen LogP contribution in [-0.2, 0) is 0 Å². The van der Waals surface area contributed by atoms with Crippen LogP contribution >= 0.6 is 0 Å². The Morgan fingerprint density at radius 3 is 2.41 bits per heavy atom. The lowest BCUT2D eigenvalue weighted by Gasteiger charge is -2.02. The summed E-state index contributed by atoms with van der Waals surface area (Å²) < 4.78 is 0. The summed E-state index contributed by atoms with van der Waals surface area (Å²) in [6.07, 6.45) is 6.13. The van der Waals surface area contributed by atoms with Gasteiger partial charge in [-0.2, -0.15) is 0 Å². The van der Waals surface area contributed by atoms with E-state index in [0.29, 0.717) is 0 Å². The molecule has 1 heterocycles. The maximum Gasteiger partial charge on any atom is 0.00838 e. The average molecular weight is 219 g/mol. The molecule has 0 saturated carbocycles. The number of hydrogen-bond donors (Lipinski definition) is 1. The average Bonchev–Trinajstić information content (AvgIpc) is 2.62. The quantitative estimate of drug-likeness (QED) is 0.770. The number of fused-ring (bicyclic) bond motifs is 1. The third-order valence-electron chi connectivity index (χ3n) is 2.92. The maximum atomic E-state index is 3.18. The zero-order valence-corrected chi connectivity index (χ0v) is 9.43. The number of nitrogens with one attached hydrogen (secondary N) is 1. The van der Waals surface area contributed by atoms with Crippen LogP contribution in [0.15, 0.2) is 66.9 Å². The summed E-state index contributed by atoms with van der Waals surface area (Å²) in [4.78, 5) is 0. The lowest BCUT2D eigenvalue weighted by molar-refractivity contribution is 1.28. The van der Waals surface area contributed by atoms with Crippen molar-refractivity contribution < 1.29 is 0 Å². The highest BCUT2D eigenvalue weighted by atomic mass is 14.8. The van der Waals surface area contributed by atoms with Crippen LogP contribution in [0.25, 0.3) is 11.8 Å². The molecule has 0 aromatic heterocycles. The van der Waals surface area contributed by atoms with Gasteiger partial charge in [0.1, 0.15) is 0 Å². The Balaban J connectivity index is 2.38.